The van der Waals surface area contributed by atoms with Gasteiger partial charge in [-0.15, -0.1) is 0 Å². The van der Waals surface area contributed by atoms with E-state index in [2.05, 4.69) is 42.9 Å². The second kappa shape index (κ2) is 18.7. The number of nitrogens with one attached hydrogen (secondary N) is 1. The lowest BCUT2D eigenvalue weighted by Crippen LogP contribution is -2.48. The predicted octanol–water partition coefficient (Wildman–Crippen LogP) is 3.85. The zero-order valence-electron chi connectivity index (χ0n) is 20.6. The molecule has 0 aliphatic carbocycles. The molecule has 0 spiro atoms. The highest BCUT2D eigenvalue weighted by atomic mass is 28.4. The molecule has 0 saturated carbocycles. The fourth-order valence-corrected chi connectivity index (χ4v) is 6.08. The summed E-state index contributed by atoms with van der Waals surface area (Å²) in [6, 6.07) is 1.46. The Bertz CT molecular complexity index is 347. The molecule has 0 bridgehead atoms. The van der Waals surface area contributed by atoms with E-state index in [0.29, 0.717) is 25.9 Å². The molecule has 0 aliphatic heterocycles. The minimum absolute atomic E-state index is 0.597. The molecule has 0 aromatic rings. The summed E-state index contributed by atoms with van der Waals surface area (Å²) in [5.74, 6) is 0. The topological polar surface area (TPSA) is 46.2 Å². The summed E-state index contributed by atoms with van der Waals surface area (Å²) in [6.45, 7) is 21.4. The van der Waals surface area contributed by atoms with Crippen molar-refractivity contribution in [2.45, 2.75) is 79.3 Å². The van der Waals surface area contributed by atoms with Gasteiger partial charge >= 0.3 is 8.80 Å². The van der Waals surface area contributed by atoms with Crippen molar-refractivity contribution in [3.63, 3.8) is 0 Å². The molecular formula is C22H51N3O3Si. The van der Waals surface area contributed by atoms with Crippen LogP contribution in [0.5, 0.6) is 0 Å². The van der Waals surface area contributed by atoms with Crippen LogP contribution in [0.1, 0.15) is 67.2 Å². The van der Waals surface area contributed by atoms with Crippen LogP contribution in [0.4, 0.5) is 0 Å². The Hall–Kier alpha value is -0.0231. The van der Waals surface area contributed by atoms with Crippen molar-refractivity contribution in [3.8, 4) is 0 Å². The molecular weight excluding hydrogens is 382 g/mol. The van der Waals surface area contributed by atoms with Gasteiger partial charge in [0.05, 0.1) is 0 Å². The van der Waals surface area contributed by atoms with Gasteiger partial charge in [-0.05, 0) is 93.1 Å². The normalized spacial score (nSPS) is 13.6. The first-order valence-corrected chi connectivity index (χ1v) is 14.0. The van der Waals surface area contributed by atoms with E-state index in [4.69, 9.17) is 13.3 Å². The lowest BCUT2D eigenvalue weighted by atomic mass is 10.2. The summed E-state index contributed by atoms with van der Waals surface area (Å²) in [5.41, 5.74) is 0. The van der Waals surface area contributed by atoms with Gasteiger partial charge in [0, 0.05) is 38.5 Å². The number of hydrogen-bond donors (Lipinski definition) is 1. The predicted molar refractivity (Wildman–Crippen MR) is 127 cm³/mol. The van der Waals surface area contributed by atoms with E-state index >= 15 is 0 Å². The van der Waals surface area contributed by atoms with Crippen LogP contribution in [0.3, 0.4) is 0 Å². The Kier molecular flexibility index (Phi) is 18.7. The van der Waals surface area contributed by atoms with Crippen LogP contribution in [0.2, 0.25) is 6.04 Å². The minimum Gasteiger partial charge on any atom is -0.374 e. The van der Waals surface area contributed by atoms with Crippen LogP contribution >= 0.6 is 0 Å². The van der Waals surface area contributed by atoms with Gasteiger partial charge in [0.25, 0.3) is 0 Å². The summed E-state index contributed by atoms with van der Waals surface area (Å²) in [6.07, 6.45) is 4.76. The SMILES string of the molecule is CCCN(C)CCCN(CCCNC(C)CC)CC[Si](OCC)(OCC)OCC. The van der Waals surface area contributed by atoms with E-state index in [-0.39, 0.29) is 0 Å². The lowest BCUT2D eigenvalue weighted by molar-refractivity contribution is 0.0678. The molecule has 0 aromatic carbocycles. The molecule has 0 aromatic heterocycles. The van der Waals surface area contributed by atoms with Gasteiger partial charge in [-0.25, -0.2) is 0 Å². The van der Waals surface area contributed by atoms with Gasteiger partial charge in [0.15, 0.2) is 0 Å². The fraction of sp³-hybridized carbons (Fsp3) is 1.00. The van der Waals surface area contributed by atoms with E-state index in [1.807, 2.05) is 20.8 Å². The quantitative estimate of drug-likeness (QED) is 0.219. The monoisotopic (exact) mass is 433 g/mol. The van der Waals surface area contributed by atoms with Crippen molar-refractivity contribution in [1.82, 2.24) is 15.1 Å². The third-order valence-electron chi connectivity index (χ3n) is 5.20. The maximum atomic E-state index is 6.05. The molecule has 0 fully saturated rings. The summed E-state index contributed by atoms with van der Waals surface area (Å²) in [7, 11) is -0.348. The first-order valence-electron chi connectivity index (χ1n) is 12.0. The van der Waals surface area contributed by atoms with Gasteiger partial charge in [-0.3, -0.25) is 0 Å². The van der Waals surface area contributed by atoms with Crippen molar-refractivity contribution < 1.29 is 13.3 Å². The van der Waals surface area contributed by atoms with Gasteiger partial charge in [0.2, 0.25) is 0 Å². The van der Waals surface area contributed by atoms with Crippen molar-refractivity contribution in [2.75, 3.05) is 66.1 Å². The fourth-order valence-electron chi connectivity index (χ4n) is 3.48. The summed E-state index contributed by atoms with van der Waals surface area (Å²) >= 11 is 0. The van der Waals surface area contributed by atoms with Crippen LogP contribution in [0, 0.1) is 0 Å². The summed E-state index contributed by atoms with van der Waals surface area (Å²) < 4.78 is 18.2. The summed E-state index contributed by atoms with van der Waals surface area (Å²) in [5, 5.41) is 3.61. The largest absolute Gasteiger partial charge is 0.502 e. The molecule has 1 atom stereocenters. The number of nitrogens with zero attached hydrogens (tertiary/aromatic N) is 2. The van der Waals surface area contributed by atoms with Crippen LogP contribution in [-0.2, 0) is 13.3 Å². The molecule has 176 valence electrons. The molecule has 1 unspecified atom stereocenters. The zero-order valence-corrected chi connectivity index (χ0v) is 21.6. The highest BCUT2D eigenvalue weighted by Gasteiger charge is 2.40. The van der Waals surface area contributed by atoms with Crippen LogP contribution in [0.15, 0.2) is 0 Å². The third-order valence-corrected chi connectivity index (χ3v) is 8.22. The number of hydrogen-bond acceptors (Lipinski definition) is 6. The van der Waals surface area contributed by atoms with E-state index in [9.17, 15) is 0 Å². The second-order valence-corrected chi connectivity index (χ2v) is 10.6. The van der Waals surface area contributed by atoms with Gasteiger partial charge in [0.1, 0.15) is 0 Å². The molecule has 0 aliphatic rings. The van der Waals surface area contributed by atoms with E-state index < -0.39 is 8.80 Å². The highest BCUT2D eigenvalue weighted by Crippen LogP contribution is 2.17. The van der Waals surface area contributed by atoms with Crippen LogP contribution in [-0.4, -0.2) is 90.8 Å². The van der Waals surface area contributed by atoms with E-state index in [1.165, 1.54) is 32.2 Å². The Morgan fingerprint density at radius 2 is 1.38 bits per heavy atom. The molecule has 0 amide bonds. The Balaban J connectivity index is 4.72. The third kappa shape index (κ3) is 14.6. The van der Waals surface area contributed by atoms with Crippen molar-refractivity contribution in [3.05, 3.63) is 0 Å². The van der Waals surface area contributed by atoms with Gasteiger partial charge in [-0.1, -0.05) is 13.8 Å². The average Bonchev–Trinajstić information content (AvgIpc) is 2.69. The van der Waals surface area contributed by atoms with E-state index in [0.717, 1.165) is 38.8 Å². The van der Waals surface area contributed by atoms with Crippen molar-refractivity contribution in [1.29, 1.82) is 0 Å². The van der Waals surface area contributed by atoms with Crippen molar-refractivity contribution >= 4 is 8.80 Å². The molecule has 7 heteroatoms. The molecule has 0 radical (unpaired) electrons. The molecule has 29 heavy (non-hydrogen) atoms. The van der Waals surface area contributed by atoms with Crippen molar-refractivity contribution in [2.24, 2.45) is 0 Å². The second-order valence-electron chi connectivity index (χ2n) is 7.85. The molecule has 0 saturated heterocycles. The highest BCUT2D eigenvalue weighted by molar-refractivity contribution is 6.60. The zero-order chi connectivity index (χ0) is 22.0. The Labute approximate surface area is 183 Å². The first kappa shape index (κ1) is 29.0. The maximum absolute atomic E-state index is 6.05. The standard InChI is InChI=1S/C22H51N3O3Si/c1-8-16-24(7)17-14-19-25(18-13-15-23-22(6)9-2)20-21-29(26-10-3,27-11-4)28-12-5/h22-23H,8-21H2,1-7H3. The molecule has 0 rings (SSSR count). The molecule has 0 heterocycles. The smallest absolute Gasteiger partial charge is 0.374 e. The van der Waals surface area contributed by atoms with E-state index in [1.54, 1.807) is 0 Å². The average molecular weight is 434 g/mol. The minimum atomic E-state index is -2.57. The van der Waals surface area contributed by atoms with Crippen LogP contribution in [0.25, 0.3) is 0 Å². The van der Waals surface area contributed by atoms with Gasteiger partial charge < -0.3 is 28.4 Å². The Morgan fingerprint density at radius 3 is 1.90 bits per heavy atom. The molecule has 6 nitrogen and oxygen atoms in total. The Morgan fingerprint density at radius 1 is 0.793 bits per heavy atom. The van der Waals surface area contributed by atoms with Crippen LogP contribution < -0.4 is 5.32 Å². The summed E-state index contributed by atoms with van der Waals surface area (Å²) in [4.78, 5) is 5.01. The maximum Gasteiger partial charge on any atom is 0.502 e. The number of rotatable bonds is 21. The molecule has 1 N–H and O–H groups in total. The first-order chi connectivity index (χ1) is 14.0. The van der Waals surface area contributed by atoms with Gasteiger partial charge in [-0.2, -0.15) is 0 Å². The lowest BCUT2D eigenvalue weighted by Gasteiger charge is -2.31.